The zero-order valence-electron chi connectivity index (χ0n) is 11.2. The number of hydrogen-bond donors (Lipinski definition) is 1. The number of rotatable bonds is 6. The quantitative estimate of drug-likeness (QED) is 0.745. The molecule has 106 valence electrons. The Hall–Kier alpha value is -1.59. The van der Waals surface area contributed by atoms with Gasteiger partial charge in [-0.1, -0.05) is 0 Å². The number of amides is 2. The highest BCUT2D eigenvalue weighted by Crippen LogP contribution is 2.32. The number of carbonyl (C=O) groups is 3. The monoisotopic (exact) mass is 268 g/mol. The van der Waals surface area contributed by atoms with E-state index in [2.05, 4.69) is 0 Å². The van der Waals surface area contributed by atoms with Crippen LogP contribution in [0.4, 0.5) is 0 Å². The normalized spacial score (nSPS) is 22.7. The molecule has 0 aromatic rings. The van der Waals surface area contributed by atoms with E-state index < -0.39 is 5.97 Å². The fourth-order valence-electron chi connectivity index (χ4n) is 2.49. The number of nitrogens with zero attached hydrogens (tertiary/aromatic N) is 2. The van der Waals surface area contributed by atoms with E-state index in [1.54, 1.807) is 11.8 Å². The first-order valence-corrected chi connectivity index (χ1v) is 6.79. The van der Waals surface area contributed by atoms with Crippen molar-refractivity contribution >= 4 is 17.8 Å². The Balaban J connectivity index is 1.91. The molecule has 19 heavy (non-hydrogen) atoms. The summed E-state index contributed by atoms with van der Waals surface area (Å²) in [4.78, 5) is 37.8. The van der Waals surface area contributed by atoms with E-state index >= 15 is 0 Å². The highest BCUT2D eigenvalue weighted by Gasteiger charge is 2.38. The fourth-order valence-corrected chi connectivity index (χ4v) is 2.49. The van der Waals surface area contributed by atoms with Crippen LogP contribution in [0.2, 0.25) is 0 Å². The molecule has 1 atom stereocenters. The van der Waals surface area contributed by atoms with Gasteiger partial charge in [0.1, 0.15) is 6.54 Å². The van der Waals surface area contributed by atoms with Crippen molar-refractivity contribution in [3.8, 4) is 0 Å². The third-order valence-corrected chi connectivity index (χ3v) is 3.76. The summed E-state index contributed by atoms with van der Waals surface area (Å²) in [5.41, 5.74) is 0. The number of aliphatic carboxylic acids is 1. The van der Waals surface area contributed by atoms with Gasteiger partial charge >= 0.3 is 5.97 Å². The lowest BCUT2D eigenvalue weighted by molar-refractivity contribution is -0.146. The van der Waals surface area contributed by atoms with E-state index in [9.17, 15) is 14.4 Å². The highest BCUT2D eigenvalue weighted by atomic mass is 16.4. The van der Waals surface area contributed by atoms with Gasteiger partial charge in [-0.05, 0) is 25.7 Å². The number of hydrogen-bond acceptors (Lipinski definition) is 3. The number of carboxylic acids is 1. The molecular weight excluding hydrogens is 248 g/mol. The number of likely N-dealkylation sites (N-methyl/N-ethyl adjacent to an activating group) is 1. The Morgan fingerprint density at radius 1 is 1.42 bits per heavy atom. The SMILES string of the molecule is CCN(CC(=O)O)C(=O)C1CC(=O)N(CC2CC2)C1. The highest BCUT2D eigenvalue weighted by molar-refractivity contribution is 5.90. The molecule has 2 rings (SSSR count). The summed E-state index contributed by atoms with van der Waals surface area (Å²) < 4.78 is 0. The first-order chi connectivity index (χ1) is 9.01. The molecule has 2 fully saturated rings. The molecule has 1 N–H and O–H groups in total. The third-order valence-electron chi connectivity index (χ3n) is 3.76. The molecule has 1 aliphatic carbocycles. The smallest absolute Gasteiger partial charge is 0.323 e. The van der Waals surface area contributed by atoms with Crippen LogP contribution in [0.5, 0.6) is 0 Å². The summed E-state index contributed by atoms with van der Waals surface area (Å²) in [6.45, 7) is 3.03. The Labute approximate surface area is 112 Å². The number of carbonyl (C=O) groups excluding carboxylic acids is 2. The van der Waals surface area contributed by atoms with Gasteiger partial charge in [0.25, 0.3) is 0 Å². The van der Waals surface area contributed by atoms with Crippen LogP contribution in [-0.4, -0.2) is 58.9 Å². The van der Waals surface area contributed by atoms with Gasteiger partial charge in [-0.25, -0.2) is 0 Å². The van der Waals surface area contributed by atoms with Crippen LogP contribution in [0.3, 0.4) is 0 Å². The summed E-state index contributed by atoms with van der Waals surface area (Å²) in [6, 6.07) is 0. The number of carboxylic acid groups (broad SMARTS) is 1. The minimum atomic E-state index is -1.02. The predicted octanol–water partition coefficient (Wildman–Crippen LogP) is 0.178. The van der Waals surface area contributed by atoms with E-state index in [-0.39, 0.29) is 30.7 Å². The molecule has 1 saturated carbocycles. The van der Waals surface area contributed by atoms with Crippen LogP contribution < -0.4 is 0 Å². The molecule has 0 aromatic carbocycles. The lowest BCUT2D eigenvalue weighted by atomic mass is 10.1. The van der Waals surface area contributed by atoms with Crippen LogP contribution in [0.15, 0.2) is 0 Å². The largest absolute Gasteiger partial charge is 0.480 e. The molecule has 1 saturated heterocycles. The minimum Gasteiger partial charge on any atom is -0.480 e. The molecule has 0 radical (unpaired) electrons. The van der Waals surface area contributed by atoms with Crippen LogP contribution in [0, 0.1) is 11.8 Å². The van der Waals surface area contributed by atoms with Gasteiger partial charge in [-0.15, -0.1) is 0 Å². The van der Waals surface area contributed by atoms with Gasteiger partial charge in [0.05, 0.1) is 5.92 Å². The standard InChI is InChI=1S/C13H20N2O4/c1-2-14(8-12(17)18)13(19)10-5-11(16)15(7-10)6-9-3-4-9/h9-10H,2-8H2,1H3,(H,17,18). The van der Waals surface area contributed by atoms with Crippen molar-refractivity contribution in [2.45, 2.75) is 26.2 Å². The van der Waals surface area contributed by atoms with Gasteiger partial charge in [-0.3, -0.25) is 14.4 Å². The first-order valence-electron chi connectivity index (χ1n) is 6.79. The van der Waals surface area contributed by atoms with Crippen molar-refractivity contribution in [3.63, 3.8) is 0 Å². The van der Waals surface area contributed by atoms with Crippen molar-refractivity contribution in [2.75, 3.05) is 26.2 Å². The first kappa shape index (κ1) is 13.8. The topological polar surface area (TPSA) is 77.9 Å². The Morgan fingerprint density at radius 2 is 2.11 bits per heavy atom. The molecule has 6 heteroatoms. The Bertz CT molecular complexity index is 392. The summed E-state index contributed by atoms with van der Waals surface area (Å²) >= 11 is 0. The maximum Gasteiger partial charge on any atom is 0.323 e. The third kappa shape index (κ3) is 3.45. The zero-order chi connectivity index (χ0) is 14.0. The Morgan fingerprint density at radius 3 is 2.63 bits per heavy atom. The van der Waals surface area contributed by atoms with Gasteiger partial charge in [0.15, 0.2) is 0 Å². The molecule has 1 unspecified atom stereocenters. The van der Waals surface area contributed by atoms with Crippen LogP contribution >= 0.6 is 0 Å². The van der Waals surface area contributed by atoms with E-state index in [0.717, 1.165) is 6.54 Å². The van der Waals surface area contributed by atoms with E-state index in [4.69, 9.17) is 5.11 Å². The van der Waals surface area contributed by atoms with E-state index in [1.807, 2.05) is 0 Å². The van der Waals surface area contributed by atoms with E-state index in [1.165, 1.54) is 17.7 Å². The van der Waals surface area contributed by atoms with Gasteiger partial charge in [0.2, 0.25) is 11.8 Å². The predicted molar refractivity (Wildman–Crippen MR) is 67.3 cm³/mol. The van der Waals surface area contributed by atoms with Crippen LogP contribution in [-0.2, 0) is 14.4 Å². The second-order valence-corrected chi connectivity index (χ2v) is 5.39. The van der Waals surface area contributed by atoms with Crippen molar-refractivity contribution < 1.29 is 19.5 Å². The summed E-state index contributed by atoms with van der Waals surface area (Å²) in [5.74, 6) is -0.966. The molecule has 0 aromatic heterocycles. The zero-order valence-corrected chi connectivity index (χ0v) is 11.2. The molecule has 1 aliphatic heterocycles. The second kappa shape index (κ2) is 5.59. The lowest BCUT2D eigenvalue weighted by Crippen LogP contribution is -2.40. The Kier molecular flexibility index (Phi) is 4.07. The summed E-state index contributed by atoms with van der Waals surface area (Å²) in [5, 5.41) is 8.77. The number of likely N-dealkylation sites (tertiary alicyclic amines) is 1. The van der Waals surface area contributed by atoms with Crippen LogP contribution in [0.1, 0.15) is 26.2 Å². The maximum absolute atomic E-state index is 12.2. The molecule has 1 heterocycles. The molecule has 2 amide bonds. The second-order valence-electron chi connectivity index (χ2n) is 5.39. The summed E-state index contributed by atoms with van der Waals surface area (Å²) in [7, 11) is 0. The van der Waals surface area contributed by atoms with Crippen molar-refractivity contribution in [1.82, 2.24) is 9.80 Å². The molecule has 0 bridgehead atoms. The van der Waals surface area contributed by atoms with Crippen molar-refractivity contribution in [1.29, 1.82) is 0 Å². The minimum absolute atomic E-state index is 0.0247. The van der Waals surface area contributed by atoms with Gasteiger partial charge in [-0.2, -0.15) is 0 Å². The van der Waals surface area contributed by atoms with Crippen molar-refractivity contribution in [2.24, 2.45) is 11.8 Å². The van der Waals surface area contributed by atoms with Gasteiger partial charge in [0, 0.05) is 26.1 Å². The van der Waals surface area contributed by atoms with Gasteiger partial charge < -0.3 is 14.9 Å². The molecule has 2 aliphatic rings. The summed E-state index contributed by atoms with van der Waals surface area (Å²) in [6.07, 6.45) is 2.56. The average molecular weight is 268 g/mol. The maximum atomic E-state index is 12.2. The van der Waals surface area contributed by atoms with Crippen molar-refractivity contribution in [3.05, 3.63) is 0 Å². The lowest BCUT2D eigenvalue weighted by Gasteiger charge is -2.22. The molecular formula is C13H20N2O4. The van der Waals surface area contributed by atoms with E-state index in [0.29, 0.717) is 19.0 Å². The average Bonchev–Trinajstić information content (AvgIpc) is 3.09. The fraction of sp³-hybridized carbons (Fsp3) is 0.769. The van der Waals surface area contributed by atoms with Crippen LogP contribution in [0.25, 0.3) is 0 Å². The molecule has 6 nitrogen and oxygen atoms in total. The molecule has 0 spiro atoms.